The minimum atomic E-state index is -0.161. The van der Waals surface area contributed by atoms with E-state index in [1.165, 1.54) is 11.8 Å². The van der Waals surface area contributed by atoms with Gasteiger partial charge in [-0.05, 0) is 43.2 Å². The van der Waals surface area contributed by atoms with Gasteiger partial charge in [0.05, 0.1) is 31.2 Å². The highest BCUT2D eigenvalue weighted by molar-refractivity contribution is 8.00. The van der Waals surface area contributed by atoms with E-state index in [0.29, 0.717) is 22.7 Å². The number of anilines is 1. The summed E-state index contributed by atoms with van der Waals surface area (Å²) < 4.78 is 10.5. The Bertz CT molecular complexity index is 879. The molecule has 2 aromatic rings. The quantitative estimate of drug-likeness (QED) is 0.660. The van der Waals surface area contributed by atoms with Gasteiger partial charge in [0, 0.05) is 18.0 Å². The smallest absolute Gasteiger partial charge is 0.255 e. The summed E-state index contributed by atoms with van der Waals surface area (Å²) in [5.41, 5.74) is 1.11. The molecule has 160 valence electrons. The first-order valence-electron chi connectivity index (χ1n) is 10.2. The molecule has 1 aliphatic rings. The third-order valence-electron chi connectivity index (χ3n) is 5.05. The van der Waals surface area contributed by atoms with Crippen LogP contribution in [0.25, 0.3) is 0 Å². The molecule has 0 bridgehead atoms. The Hall–Kier alpha value is -2.67. The predicted octanol–water partition coefficient (Wildman–Crippen LogP) is 4.45. The number of carbonyl (C=O) groups excluding carboxylic acids is 2. The molecule has 7 heteroatoms. The number of thioether (sulfide) groups is 1. The van der Waals surface area contributed by atoms with Crippen LogP contribution in [-0.2, 0) is 4.79 Å². The van der Waals surface area contributed by atoms with Crippen molar-refractivity contribution >= 4 is 29.3 Å². The van der Waals surface area contributed by atoms with Crippen LogP contribution in [-0.4, -0.2) is 49.8 Å². The van der Waals surface area contributed by atoms with Gasteiger partial charge in [0.25, 0.3) is 5.91 Å². The largest absolute Gasteiger partial charge is 0.493 e. The minimum Gasteiger partial charge on any atom is -0.493 e. The maximum absolute atomic E-state index is 13.0. The van der Waals surface area contributed by atoms with E-state index in [1.54, 1.807) is 26.4 Å². The second-order valence-electron chi connectivity index (χ2n) is 7.11. The molecule has 0 radical (unpaired) electrons. The Balaban J connectivity index is 1.63. The van der Waals surface area contributed by atoms with E-state index in [4.69, 9.17) is 9.47 Å². The van der Waals surface area contributed by atoms with E-state index in [1.807, 2.05) is 35.2 Å². The Kier molecular flexibility index (Phi) is 8.02. The zero-order valence-electron chi connectivity index (χ0n) is 17.5. The summed E-state index contributed by atoms with van der Waals surface area (Å²) in [6, 6.07) is 12.8. The highest BCUT2D eigenvalue weighted by atomic mass is 32.2. The van der Waals surface area contributed by atoms with Crippen LogP contribution < -0.4 is 14.8 Å². The van der Waals surface area contributed by atoms with Gasteiger partial charge in [-0.1, -0.05) is 25.0 Å². The van der Waals surface area contributed by atoms with E-state index in [2.05, 4.69) is 5.32 Å². The van der Waals surface area contributed by atoms with Gasteiger partial charge in [-0.3, -0.25) is 9.59 Å². The summed E-state index contributed by atoms with van der Waals surface area (Å²) in [4.78, 5) is 28.4. The topological polar surface area (TPSA) is 67.9 Å². The molecule has 0 aliphatic carbocycles. The third-order valence-corrected chi connectivity index (χ3v) is 6.04. The number of carbonyl (C=O) groups is 2. The molecule has 30 heavy (non-hydrogen) atoms. The summed E-state index contributed by atoms with van der Waals surface area (Å²) in [5.74, 6) is 1.32. The highest BCUT2D eigenvalue weighted by Crippen LogP contribution is 2.32. The lowest BCUT2D eigenvalue weighted by Gasteiger charge is -2.22. The number of likely N-dealkylation sites (tertiary alicyclic amines) is 1. The number of amides is 2. The van der Waals surface area contributed by atoms with Gasteiger partial charge in [-0.2, -0.15) is 0 Å². The van der Waals surface area contributed by atoms with Crippen LogP contribution in [0.3, 0.4) is 0 Å². The number of nitrogens with zero attached hydrogens (tertiary/aromatic N) is 1. The zero-order valence-corrected chi connectivity index (χ0v) is 18.3. The van der Waals surface area contributed by atoms with Crippen molar-refractivity contribution in [2.24, 2.45) is 0 Å². The summed E-state index contributed by atoms with van der Waals surface area (Å²) in [5, 5.41) is 2.90. The molecule has 2 amide bonds. The molecule has 3 rings (SSSR count). The van der Waals surface area contributed by atoms with E-state index in [-0.39, 0.29) is 17.6 Å². The third kappa shape index (κ3) is 5.69. The summed E-state index contributed by atoms with van der Waals surface area (Å²) in [6.07, 6.45) is 4.38. The number of rotatable bonds is 7. The molecule has 0 aromatic heterocycles. The molecule has 0 spiro atoms. The predicted molar refractivity (Wildman–Crippen MR) is 120 cm³/mol. The van der Waals surface area contributed by atoms with Crippen molar-refractivity contribution in [2.75, 3.05) is 38.4 Å². The lowest BCUT2D eigenvalue weighted by molar-refractivity contribution is -0.113. The average molecular weight is 429 g/mol. The molecule has 1 heterocycles. The molecule has 1 N–H and O–H groups in total. The number of para-hydroxylation sites is 1. The van der Waals surface area contributed by atoms with Crippen LogP contribution in [0.4, 0.5) is 5.69 Å². The first-order chi connectivity index (χ1) is 14.6. The maximum atomic E-state index is 13.0. The number of hydrogen-bond acceptors (Lipinski definition) is 5. The maximum Gasteiger partial charge on any atom is 0.255 e. The van der Waals surface area contributed by atoms with Crippen LogP contribution in [0.2, 0.25) is 0 Å². The van der Waals surface area contributed by atoms with Gasteiger partial charge in [0.15, 0.2) is 11.5 Å². The molecule has 0 unspecified atom stereocenters. The minimum absolute atomic E-state index is 0.0136. The van der Waals surface area contributed by atoms with Crippen LogP contribution in [0, 0.1) is 0 Å². The molecular formula is C23H28N2O4S. The number of ether oxygens (including phenoxy) is 2. The molecule has 1 saturated heterocycles. The van der Waals surface area contributed by atoms with Crippen molar-refractivity contribution in [1.82, 2.24) is 4.90 Å². The second-order valence-corrected chi connectivity index (χ2v) is 8.15. The lowest BCUT2D eigenvalue weighted by Crippen LogP contribution is -2.32. The lowest BCUT2D eigenvalue weighted by atomic mass is 10.1. The molecule has 6 nitrogen and oxygen atoms in total. The second kappa shape index (κ2) is 10.9. The molecular weight excluding hydrogens is 400 g/mol. The first-order valence-corrected chi connectivity index (χ1v) is 11.1. The van der Waals surface area contributed by atoms with Gasteiger partial charge in [0.1, 0.15) is 0 Å². The fraction of sp³-hybridized carbons (Fsp3) is 0.391. The fourth-order valence-electron chi connectivity index (χ4n) is 3.46. The van der Waals surface area contributed by atoms with E-state index >= 15 is 0 Å². The van der Waals surface area contributed by atoms with Gasteiger partial charge < -0.3 is 19.7 Å². The normalized spacial score (nSPS) is 14.0. The van der Waals surface area contributed by atoms with Gasteiger partial charge in [-0.15, -0.1) is 11.8 Å². The standard InChI is InChI=1S/C23H28N2O4S/c1-28-20-12-11-17(15-21(20)29-2)30-16-22(26)24-19-10-6-5-9-18(19)23(27)25-13-7-3-4-8-14-25/h5-6,9-12,15H,3-4,7-8,13-14,16H2,1-2H3,(H,24,26). The Labute approximate surface area is 181 Å². The number of benzene rings is 2. The van der Waals surface area contributed by atoms with Crippen molar-refractivity contribution < 1.29 is 19.1 Å². The highest BCUT2D eigenvalue weighted by Gasteiger charge is 2.20. The van der Waals surface area contributed by atoms with Crippen LogP contribution in [0.15, 0.2) is 47.4 Å². The Morgan fingerprint density at radius 1 is 0.967 bits per heavy atom. The fourth-order valence-corrected chi connectivity index (χ4v) is 4.19. The molecule has 2 aromatic carbocycles. The van der Waals surface area contributed by atoms with E-state index in [9.17, 15) is 9.59 Å². The number of methoxy groups -OCH3 is 2. The Morgan fingerprint density at radius 3 is 2.37 bits per heavy atom. The van der Waals surface area contributed by atoms with Crippen molar-refractivity contribution in [2.45, 2.75) is 30.6 Å². The number of nitrogens with one attached hydrogen (secondary N) is 1. The average Bonchev–Trinajstić information content (AvgIpc) is 3.07. The summed E-state index contributed by atoms with van der Waals surface area (Å²) in [6.45, 7) is 1.55. The van der Waals surface area contributed by atoms with Crippen LogP contribution >= 0.6 is 11.8 Å². The molecule has 0 saturated carbocycles. The van der Waals surface area contributed by atoms with Gasteiger partial charge in [-0.25, -0.2) is 0 Å². The monoisotopic (exact) mass is 428 g/mol. The van der Waals surface area contributed by atoms with Crippen LogP contribution in [0.1, 0.15) is 36.0 Å². The van der Waals surface area contributed by atoms with Gasteiger partial charge >= 0.3 is 0 Å². The van der Waals surface area contributed by atoms with E-state index < -0.39 is 0 Å². The molecule has 1 fully saturated rings. The SMILES string of the molecule is COc1ccc(SCC(=O)Nc2ccccc2C(=O)N2CCCCCC2)cc1OC. The van der Waals surface area contributed by atoms with Crippen molar-refractivity contribution in [3.05, 3.63) is 48.0 Å². The molecule has 1 aliphatic heterocycles. The summed E-state index contributed by atoms with van der Waals surface area (Å²) in [7, 11) is 3.17. The van der Waals surface area contributed by atoms with Crippen molar-refractivity contribution in [3.8, 4) is 11.5 Å². The molecule has 0 atom stereocenters. The first kappa shape index (κ1) is 22.0. The summed E-state index contributed by atoms with van der Waals surface area (Å²) >= 11 is 1.40. The van der Waals surface area contributed by atoms with Crippen molar-refractivity contribution in [1.29, 1.82) is 0 Å². The van der Waals surface area contributed by atoms with Crippen molar-refractivity contribution in [3.63, 3.8) is 0 Å². The zero-order chi connectivity index (χ0) is 21.3. The van der Waals surface area contributed by atoms with Crippen LogP contribution in [0.5, 0.6) is 11.5 Å². The van der Waals surface area contributed by atoms with Gasteiger partial charge in [0.2, 0.25) is 5.91 Å². The Morgan fingerprint density at radius 2 is 1.67 bits per heavy atom. The van der Waals surface area contributed by atoms with E-state index in [0.717, 1.165) is 43.7 Å². The number of hydrogen-bond donors (Lipinski definition) is 1.